The maximum absolute atomic E-state index is 12.6. The number of carbonyl (C=O) groups excluding carboxylic acids is 2. The summed E-state index contributed by atoms with van der Waals surface area (Å²) >= 11 is 0. The van der Waals surface area contributed by atoms with E-state index >= 15 is 0 Å². The zero-order valence-electron chi connectivity index (χ0n) is 12.9. The average molecular weight is 291 g/mol. The molecule has 1 aliphatic rings. The Morgan fingerprint density at radius 1 is 1.33 bits per heavy atom. The Morgan fingerprint density at radius 2 is 2.00 bits per heavy atom. The largest absolute Gasteiger partial charge is 0.354 e. The number of aryl methyl sites for hydroxylation is 2. The van der Waals surface area contributed by atoms with Crippen molar-refractivity contribution in [2.24, 2.45) is 7.05 Å². The fraction of sp³-hybridized carbons (Fsp3) is 0.533. The van der Waals surface area contributed by atoms with E-state index < -0.39 is 6.04 Å². The molecule has 1 aromatic heterocycles. The number of rotatable bonds is 2. The molecule has 21 heavy (non-hydrogen) atoms. The quantitative estimate of drug-likeness (QED) is 0.791. The molecule has 1 fully saturated rings. The highest BCUT2D eigenvalue weighted by Crippen LogP contribution is 2.14. The Morgan fingerprint density at radius 3 is 2.62 bits per heavy atom. The van der Waals surface area contributed by atoms with Gasteiger partial charge in [-0.2, -0.15) is 0 Å². The number of amides is 2. The molecule has 0 aromatic carbocycles. The molecule has 1 aromatic rings. The highest BCUT2D eigenvalue weighted by Gasteiger charge is 2.34. The molecule has 1 atom stereocenters. The average Bonchev–Trinajstić information content (AvgIpc) is 2.45. The van der Waals surface area contributed by atoms with Gasteiger partial charge in [0.25, 0.3) is 5.91 Å². The number of piperazine rings is 1. The number of carbonyl (C=O) groups is 2. The highest BCUT2D eigenvalue weighted by atomic mass is 16.2. The van der Waals surface area contributed by atoms with Gasteiger partial charge in [-0.1, -0.05) is 0 Å². The Kier molecular flexibility index (Phi) is 4.16. The fourth-order valence-electron chi connectivity index (χ4n) is 2.56. The zero-order valence-corrected chi connectivity index (χ0v) is 12.9. The molecule has 1 unspecified atom stereocenters. The molecule has 0 spiro atoms. The minimum absolute atomic E-state index is 0.0685. The number of likely N-dealkylation sites (N-methyl/N-ethyl adjacent to an activating group) is 1. The van der Waals surface area contributed by atoms with Crippen LogP contribution in [0.4, 0.5) is 0 Å². The van der Waals surface area contributed by atoms with Crippen molar-refractivity contribution in [3.63, 3.8) is 0 Å². The van der Waals surface area contributed by atoms with E-state index in [0.717, 1.165) is 5.69 Å². The molecule has 1 aliphatic heterocycles. The van der Waals surface area contributed by atoms with Gasteiger partial charge in [0.05, 0.1) is 0 Å². The van der Waals surface area contributed by atoms with Crippen LogP contribution in [0.3, 0.4) is 0 Å². The van der Waals surface area contributed by atoms with Crippen molar-refractivity contribution in [2.45, 2.75) is 26.8 Å². The minimum Gasteiger partial charge on any atom is -0.354 e. The molecular formula is C15H21N3O3. The molecule has 1 saturated heterocycles. The van der Waals surface area contributed by atoms with Crippen LogP contribution in [0.1, 0.15) is 29.9 Å². The van der Waals surface area contributed by atoms with E-state index in [1.807, 2.05) is 13.8 Å². The maximum Gasteiger partial charge on any atom is 0.260 e. The summed E-state index contributed by atoms with van der Waals surface area (Å²) < 4.78 is 1.74. The van der Waals surface area contributed by atoms with Gasteiger partial charge in [0.2, 0.25) is 5.91 Å². The summed E-state index contributed by atoms with van der Waals surface area (Å²) in [6.07, 6.45) is 1.55. The number of nitrogens with zero attached hydrogens (tertiary/aromatic N) is 3. The van der Waals surface area contributed by atoms with E-state index in [9.17, 15) is 14.4 Å². The Labute approximate surface area is 124 Å². The van der Waals surface area contributed by atoms with Crippen molar-refractivity contribution in [3.05, 3.63) is 33.7 Å². The van der Waals surface area contributed by atoms with Gasteiger partial charge in [-0.3, -0.25) is 14.4 Å². The second-order valence-corrected chi connectivity index (χ2v) is 5.40. The van der Waals surface area contributed by atoms with Gasteiger partial charge in [-0.25, -0.2) is 0 Å². The second-order valence-electron chi connectivity index (χ2n) is 5.40. The third-order valence-corrected chi connectivity index (χ3v) is 4.10. The third-order valence-electron chi connectivity index (χ3n) is 4.10. The Bertz CT molecular complexity index is 636. The summed E-state index contributed by atoms with van der Waals surface area (Å²) in [4.78, 5) is 40.0. The first kappa shape index (κ1) is 15.3. The topological polar surface area (TPSA) is 62.6 Å². The molecule has 114 valence electrons. The van der Waals surface area contributed by atoms with Gasteiger partial charge in [0.1, 0.15) is 11.6 Å². The monoisotopic (exact) mass is 291 g/mol. The first-order valence-electron chi connectivity index (χ1n) is 7.13. The van der Waals surface area contributed by atoms with E-state index in [4.69, 9.17) is 0 Å². The van der Waals surface area contributed by atoms with Gasteiger partial charge in [-0.15, -0.1) is 0 Å². The van der Waals surface area contributed by atoms with E-state index in [0.29, 0.717) is 19.6 Å². The molecule has 0 aliphatic carbocycles. The Balaban J connectivity index is 2.31. The van der Waals surface area contributed by atoms with Crippen LogP contribution in [0.25, 0.3) is 0 Å². The van der Waals surface area contributed by atoms with Crippen LogP contribution >= 0.6 is 0 Å². The molecule has 0 saturated carbocycles. The second kappa shape index (κ2) is 5.71. The lowest BCUT2D eigenvalue weighted by atomic mass is 10.1. The van der Waals surface area contributed by atoms with Gasteiger partial charge < -0.3 is 14.4 Å². The number of pyridine rings is 1. The molecule has 0 N–H and O–H groups in total. The molecule has 2 amide bonds. The normalized spacial score (nSPS) is 19.0. The molecule has 6 nitrogen and oxygen atoms in total. The van der Waals surface area contributed by atoms with E-state index in [2.05, 4.69) is 0 Å². The first-order valence-corrected chi connectivity index (χ1v) is 7.13. The predicted molar refractivity (Wildman–Crippen MR) is 79.2 cm³/mol. The van der Waals surface area contributed by atoms with Crippen LogP contribution in [0.15, 0.2) is 17.1 Å². The highest BCUT2D eigenvalue weighted by molar-refractivity contribution is 5.97. The third kappa shape index (κ3) is 2.70. The molecule has 0 bridgehead atoms. The Hall–Kier alpha value is -2.11. The summed E-state index contributed by atoms with van der Waals surface area (Å²) in [5, 5.41) is 0. The molecule has 2 heterocycles. The van der Waals surface area contributed by atoms with Crippen LogP contribution in [0, 0.1) is 6.92 Å². The minimum atomic E-state index is -0.530. The van der Waals surface area contributed by atoms with Crippen molar-refractivity contribution in [3.8, 4) is 0 Å². The number of aromatic nitrogens is 1. The van der Waals surface area contributed by atoms with Crippen molar-refractivity contribution < 1.29 is 9.59 Å². The van der Waals surface area contributed by atoms with Crippen molar-refractivity contribution >= 4 is 11.8 Å². The smallest absolute Gasteiger partial charge is 0.260 e. The molecule has 0 radical (unpaired) electrons. The lowest BCUT2D eigenvalue weighted by Crippen LogP contribution is -2.57. The SMILES string of the molecule is CCN1CCN(C(=O)c2cn(C)c(C)cc2=O)C(C)C1=O. The number of hydrogen-bond donors (Lipinski definition) is 0. The van der Waals surface area contributed by atoms with Crippen LogP contribution in [0.5, 0.6) is 0 Å². The van der Waals surface area contributed by atoms with Crippen molar-refractivity contribution in [1.82, 2.24) is 14.4 Å². The van der Waals surface area contributed by atoms with Crippen LogP contribution < -0.4 is 5.43 Å². The molecular weight excluding hydrogens is 270 g/mol. The van der Waals surface area contributed by atoms with Gasteiger partial charge in [0.15, 0.2) is 5.43 Å². The maximum atomic E-state index is 12.6. The predicted octanol–water partition coefficient (Wildman–Crippen LogP) is 0.387. The van der Waals surface area contributed by atoms with Crippen LogP contribution in [-0.4, -0.2) is 51.9 Å². The standard InChI is InChI=1S/C15H21N3O3/c1-5-17-6-7-18(11(3)14(17)20)15(21)12-9-16(4)10(2)8-13(12)19/h8-9,11H,5-7H2,1-4H3. The van der Waals surface area contributed by atoms with Crippen molar-refractivity contribution in [1.29, 1.82) is 0 Å². The lowest BCUT2D eigenvalue weighted by Gasteiger charge is -2.38. The van der Waals surface area contributed by atoms with Crippen molar-refractivity contribution in [2.75, 3.05) is 19.6 Å². The lowest BCUT2D eigenvalue weighted by molar-refractivity contribution is -0.139. The summed E-state index contributed by atoms with van der Waals surface area (Å²) in [6, 6.07) is 0.916. The summed E-state index contributed by atoms with van der Waals surface area (Å²) in [6.45, 7) is 7.03. The molecule has 2 rings (SSSR count). The number of hydrogen-bond acceptors (Lipinski definition) is 3. The summed E-state index contributed by atoms with van der Waals surface area (Å²) in [5.41, 5.74) is 0.609. The first-order chi connectivity index (χ1) is 9.86. The van der Waals surface area contributed by atoms with Gasteiger partial charge >= 0.3 is 0 Å². The van der Waals surface area contributed by atoms with Crippen LogP contribution in [-0.2, 0) is 11.8 Å². The summed E-state index contributed by atoms with van der Waals surface area (Å²) in [7, 11) is 1.79. The van der Waals surface area contributed by atoms with Gasteiger partial charge in [-0.05, 0) is 20.8 Å². The van der Waals surface area contributed by atoms with E-state index in [1.54, 1.807) is 29.6 Å². The fourth-order valence-corrected chi connectivity index (χ4v) is 2.56. The van der Waals surface area contributed by atoms with E-state index in [-0.39, 0.29) is 22.8 Å². The zero-order chi connectivity index (χ0) is 15.7. The van der Waals surface area contributed by atoms with Crippen LogP contribution in [0.2, 0.25) is 0 Å². The molecule has 6 heteroatoms. The van der Waals surface area contributed by atoms with E-state index in [1.165, 1.54) is 11.0 Å². The van der Waals surface area contributed by atoms with Gasteiger partial charge in [0, 0.05) is 44.6 Å². The summed E-state index contributed by atoms with van der Waals surface area (Å²) in [5.74, 6) is -0.437.